The van der Waals surface area contributed by atoms with Crippen molar-refractivity contribution in [3.8, 4) is 5.75 Å². The normalized spacial score (nSPS) is 18.4. The van der Waals surface area contributed by atoms with Gasteiger partial charge in [0.15, 0.2) is 17.2 Å². The van der Waals surface area contributed by atoms with Gasteiger partial charge in [-0.3, -0.25) is 9.69 Å². The van der Waals surface area contributed by atoms with Gasteiger partial charge in [-0.2, -0.15) is 4.52 Å². The Morgan fingerprint density at radius 2 is 1.91 bits per heavy atom. The van der Waals surface area contributed by atoms with E-state index in [2.05, 4.69) is 30.4 Å². The van der Waals surface area contributed by atoms with Crippen LogP contribution in [0.1, 0.15) is 31.2 Å². The van der Waals surface area contributed by atoms with E-state index in [0.717, 1.165) is 68.9 Å². The van der Waals surface area contributed by atoms with Crippen LogP contribution >= 0.6 is 0 Å². The zero-order chi connectivity index (χ0) is 23.5. The van der Waals surface area contributed by atoms with E-state index in [4.69, 9.17) is 4.74 Å². The molecule has 34 heavy (non-hydrogen) atoms. The molecule has 2 aliphatic heterocycles. The van der Waals surface area contributed by atoms with Crippen LogP contribution < -0.4 is 15.0 Å². The van der Waals surface area contributed by atoms with Gasteiger partial charge < -0.3 is 15.0 Å². The van der Waals surface area contributed by atoms with E-state index in [1.807, 2.05) is 18.2 Å². The Morgan fingerprint density at radius 1 is 1.12 bits per heavy atom. The summed E-state index contributed by atoms with van der Waals surface area (Å²) in [5.74, 6) is 1.02. The molecular weight excluding hydrogens is 437 g/mol. The van der Waals surface area contributed by atoms with Crippen molar-refractivity contribution in [1.82, 2.24) is 30.0 Å². The minimum Gasteiger partial charge on any atom is -0.494 e. The highest BCUT2D eigenvalue weighted by Gasteiger charge is 2.28. The van der Waals surface area contributed by atoms with Crippen LogP contribution in [0.4, 0.5) is 10.2 Å². The number of halogens is 1. The van der Waals surface area contributed by atoms with E-state index in [1.54, 1.807) is 23.0 Å². The Kier molecular flexibility index (Phi) is 6.57. The van der Waals surface area contributed by atoms with Gasteiger partial charge in [0, 0.05) is 44.7 Å². The summed E-state index contributed by atoms with van der Waals surface area (Å²) in [6, 6.07) is 9.18. The minimum atomic E-state index is -0.330. The lowest BCUT2D eigenvalue weighted by molar-refractivity contribution is -0.126. The summed E-state index contributed by atoms with van der Waals surface area (Å²) in [4.78, 5) is 17.4. The van der Waals surface area contributed by atoms with E-state index in [9.17, 15) is 9.18 Å². The zero-order valence-corrected chi connectivity index (χ0v) is 19.4. The van der Waals surface area contributed by atoms with E-state index < -0.39 is 0 Å². The summed E-state index contributed by atoms with van der Waals surface area (Å²) in [5, 5.41) is 15.7. The Labute approximate surface area is 197 Å². The van der Waals surface area contributed by atoms with Gasteiger partial charge in [0.25, 0.3) is 0 Å². The fourth-order valence-electron chi connectivity index (χ4n) is 4.88. The van der Waals surface area contributed by atoms with Crippen molar-refractivity contribution in [2.24, 2.45) is 5.92 Å². The Morgan fingerprint density at radius 3 is 2.65 bits per heavy atom. The Hall–Kier alpha value is -3.27. The molecule has 1 N–H and O–H groups in total. The van der Waals surface area contributed by atoms with E-state index >= 15 is 0 Å². The van der Waals surface area contributed by atoms with Gasteiger partial charge in [0.1, 0.15) is 12.1 Å². The molecule has 1 aromatic carbocycles. The lowest BCUT2D eigenvalue weighted by Crippen LogP contribution is -2.48. The van der Waals surface area contributed by atoms with Gasteiger partial charge >= 0.3 is 0 Å². The predicted molar refractivity (Wildman–Crippen MR) is 125 cm³/mol. The number of amides is 1. The average molecular weight is 468 g/mol. The number of anilines is 1. The van der Waals surface area contributed by atoms with Crippen molar-refractivity contribution in [2.75, 3.05) is 38.2 Å². The summed E-state index contributed by atoms with van der Waals surface area (Å²) < 4.78 is 20.6. The first-order valence-corrected chi connectivity index (χ1v) is 11.9. The van der Waals surface area contributed by atoms with Gasteiger partial charge in [-0.05, 0) is 55.5 Å². The summed E-state index contributed by atoms with van der Waals surface area (Å²) in [5.41, 5.74) is 1.66. The van der Waals surface area contributed by atoms with E-state index in [-0.39, 0.29) is 29.4 Å². The standard InChI is InChI=1S/C24H30FN7O2/c1-34-21-3-2-17(14-20(21)25)15-30-10-8-19(9-11-30)27-24(33)18-6-12-31(13-7-18)23-5-4-22-28-26-16-32(22)29-23/h2-5,14,16,18-19H,6-13,15H2,1H3,(H,27,33). The summed E-state index contributed by atoms with van der Waals surface area (Å²) in [7, 11) is 1.47. The van der Waals surface area contributed by atoms with Crippen LogP contribution in [0.5, 0.6) is 5.75 Å². The van der Waals surface area contributed by atoms with Crippen LogP contribution in [-0.4, -0.2) is 69.9 Å². The monoisotopic (exact) mass is 467 g/mol. The number of rotatable bonds is 6. The number of nitrogens with zero attached hydrogens (tertiary/aromatic N) is 6. The molecule has 9 nitrogen and oxygen atoms in total. The summed E-state index contributed by atoms with van der Waals surface area (Å²) in [6.07, 6.45) is 5.04. The second-order valence-electron chi connectivity index (χ2n) is 9.11. The molecule has 0 aliphatic carbocycles. The first-order valence-electron chi connectivity index (χ1n) is 11.9. The highest BCUT2D eigenvalue weighted by molar-refractivity contribution is 5.79. The Bertz CT molecular complexity index is 1140. The number of piperidine rings is 2. The number of carbonyl (C=O) groups is 1. The molecule has 0 radical (unpaired) electrons. The molecule has 1 amide bonds. The van der Waals surface area contributed by atoms with Crippen molar-refractivity contribution in [2.45, 2.75) is 38.3 Å². The van der Waals surface area contributed by atoms with Gasteiger partial charge in [-0.15, -0.1) is 15.3 Å². The van der Waals surface area contributed by atoms with Gasteiger partial charge in [-0.1, -0.05) is 6.07 Å². The molecule has 2 fully saturated rings. The van der Waals surface area contributed by atoms with Crippen LogP contribution in [0.25, 0.3) is 5.65 Å². The first-order chi connectivity index (χ1) is 16.6. The molecule has 0 spiro atoms. The van der Waals surface area contributed by atoms with E-state index in [1.165, 1.54) is 7.11 Å². The largest absolute Gasteiger partial charge is 0.494 e. The molecule has 0 bridgehead atoms. The van der Waals surface area contributed by atoms with Crippen molar-refractivity contribution in [3.05, 3.63) is 48.0 Å². The third kappa shape index (κ3) is 4.96. The van der Waals surface area contributed by atoms with Crippen molar-refractivity contribution in [1.29, 1.82) is 0 Å². The van der Waals surface area contributed by atoms with Crippen molar-refractivity contribution < 1.29 is 13.9 Å². The number of hydrogen-bond donors (Lipinski definition) is 1. The summed E-state index contributed by atoms with van der Waals surface area (Å²) in [6.45, 7) is 4.07. The molecule has 0 atom stereocenters. The SMILES string of the molecule is COc1ccc(CN2CCC(NC(=O)C3CCN(c4ccc5nncn5n4)CC3)CC2)cc1F. The number of methoxy groups -OCH3 is 1. The molecule has 5 rings (SSSR count). The van der Waals surface area contributed by atoms with Crippen LogP contribution in [0.15, 0.2) is 36.7 Å². The molecule has 0 saturated carbocycles. The number of carbonyl (C=O) groups excluding carboxylic acids is 1. The number of likely N-dealkylation sites (tertiary alicyclic amines) is 1. The van der Waals surface area contributed by atoms with Crippen LogP contribution in [-0.2, 0) is 11.3 Å². The maximum atomic E-state index is 14.0. The van der Waals surface area contributed by atoms with E-state index in [0.29, 0.717) is 6.54 Å². The molecule has 3 aromatic rings. The molecular formula is C24H30FN7O2. The van der Waals surface area contributed by atoms with Crippen molar-refractivity contribution >= 4 is 17.4 Å². The quantitative estimate of drug-likeness (QED) is 0.595. The maximum Gasteiger partial charge on any atom is 0.223 e. The molecule has 180 valence electrons. The lowest BCUT2D eigenvalue weighted by Gasteiger charge is -2.35. The first kappa shape index (κ1) is 22.5. The Balaban J connectivity index is 1.06. The van der Waals surface area contributed by atoms with Crippen LogP contribution in [0.2, 0.25) is 0 Å². The number of benzene rings is 1. The highest BCUT2D eigenvalue weighted by atomic mass is 19.1. The van der Waals surface area contributed by atoms with Crippen LogP contribution in [0.3, 0.4) is 0 Å². The average Bonchev–Trinajstić information content (AvgIpc) is 3.33. The second-order valence-corrected chi connectivity index (χ2v) is 9.11. The third-order valence-corrected chi connectivity index (χ3v) is 6.89. The maximum absolute atomic E-state index is 14.0. The summed E-state index contributed by atoms with van der Waals surface area (Å²) >= 11 is 0. The van der Waals surface area contributed by atoms with Gasteiger partial charge in [-0.25, -0.2) is 4.39 Å². The number of ether oxygens (including phenoxy) is 1. The molecule has 10 heteroatoms. The number of nitrogens with one attached hydrogen (secondary N) is 1. The molecule has 2 aliphatic rings. The second kappa shape index (κ2) is 9.92. The van der Waals surface area contributed by atoms with Crippen LogP contribution in [0, 0.1) is 11.7 Å². The molecule has 2 aromatic heterocycles. The smallest absolute Gasteiger partial charge is 0.223 e. The van der Waals surface area contributed by atoms with Gasteiger partial charge in [0.2, 0.25) is 5.91 Å². The third-order valence-electron chi connectivity index (χ3n) is 6.89. The zero-order valence-electron chi connectivity index (χ0n) is 19.4. The fourth-order valence-corrected chi connectivity index (χ4v) is 4.88. The number of aromatic nitrogens is 4. The predicted octanol–water partition coefficient (Wildman–Crippen LogP) is 2.27. The fraction of sp³-hybridized carbons (Fsp3) is 0.500. The molecule has 0 unspecified atom stereocenters. The number of fused-ring (bicyclic) bond motifs is 1. The topological polar surface area (TPSA) is 87.9 Å². The minimum absolute atomic E-state index is 0.0372. The molecule has 2 saturated heterocycles. The lowest BCUT2D eigenvalue weighted by atomic mass is 9.94. The number of hydrogen-bond acceptors (Lipinski definition) is 7. The van der Waals surface area contributed by atoms with Gasteiger partial charge in [0.05, 0.1) is 7.11 Å². The molecule has 4 heterocycles. The highest BCUT2D eigenvalue weighted by Crippen LogP contribution is 2.24. The van der Waals surface area contributed by atoms with Crippen molar-refractivity contribution in [3.63, 3.8) is 0 Å².